The zero-order chi connectivity index (χ0) is 17.0. The summed E-state index contributed by atoms with van der Waals surface area (Å²) in [5, 5.41) is 18.1. The first-order valence-electron chi connectivity index (χ1n) is 7.25. The van der Waals surface area contributed by atoms with Gasteiger partial charge in [-0.15, -0.1) is 0 Å². The number of carbonyl (C=O) groups is 2. The Morgan fingerprint density at radius 2 is 1.77 bits per heavy atom. The summed E-state index contributed by atoms with van der Waals surface area (Å²) in [4.78, 5) is 18.2. The van der Waals surface area contributed by atoms with Crippen molar-refractivity contribution in [2.75, 3.05) is 19.7 Å². The van der Waals surface area contributed by atoms with Crippen LogP contribution in [0, 0.1) is 13.8 Å². The number of benzene rings is 1. The van der Waals surface area contributed by atoms with Gasteiger partial charge in [-0.3, -0.25) is 0 Å². The van der Waals surface area contributed by atoms with Crippen LogP contribution in [0.25, 0.3) is 0 Å². The summed E-state index contributed by atoms with van der Waals surface area (Å²) in [6, 6.07) is 6.30. The number of hydrogen-bond acceptors (Lipinski definition) is 4. The van der Waals surface area contributed by atoms with Crippen LogP contribution in [-0.2, 0) is 9.59 Å². The molecule has 0 spiro atoms. The Balaban J connectivity index is 0.000000626. The molecular formula is C16H25NO5. The lowest BCUT2D eigenvalue weighted by molar-refractivity contribution is -0.159. The number of hydrogen-bond donors (Lipinski definition) is 3. The third-order valence-electron chi connectivity index (χ3n) is 2.76. The van der Waals surface area contributed by atoms with E-state index in [1.165, 1.54) is 24.0 Å². The zero-order valence-corrected chi connectivity index (χ0v) is 13.4. The monoisotopic (exact) mass is 311 g/mol. The summed E-state index contributed by atoms with van der Waals surface area (Å²) in [7, 11) is 0. The van der Waals surface area contributed by atoms with Gasteiger partial charge in [-0.05, 0) is 38.4 Å². The minimum absolute atomic E-state index is 0.744. The van der Waals surface area contributed by atoms with Crippen molar-refractivity contribution in [2.24, 2.45) is 0 Å². The molecule has 1 rings (SSSR count). The van der Waals surface area contributed by atoms with Gasteiger partial charge in [0.05, 0.1) is 0 Å². The van der Waals surface area contributed by atoms with Crippen molar-refractivity contribution in [1.82, 2.24) is 5.32 Å². The van der Waals surface area contributed by atoms with Crippen molar-refractivity contribution < 1.29 is 24.5 Å². The summed E-state index contributed by atoms with van der Waals surface area (Å²) in [6.07, 6.45) is 2.48. The van der Waals surface area contributed by atoms with E-state index < -0.39 is 11.9 Å². The fraction of sp³-hybridized carbons (Fsp3) is 0.500. The SMILES string of the molecule is CCCCNCCOc1ccc(C)cc1C.O=C(O)C(=O)O. The van der Waals surface area contributed by atoms with Crippen molar-refractivity contribution >= 4 is 11.9 Å². The lowest BCUT2D eigenvalue weighted by Gasteiger charge is -2.10. The van der Waals surface area contributed by atoms with E-state index in [-0.39, 0.29) is 0 Å². The van der Waals surface area contributed by atoms with Gasteiger partial charge in [0.1, 0.15) is 12.4 Å². The van der Waals surface area contributed by atoms with Crippen LogP contribution < -0.4 is 10.1 Å². The predicted molar refractivity (Wildman–Crippen MR) is 84.5 cm³/mol. The molecule has 1 aromatic carbocycles. The van der Waals surface area contributed by atoms with Gasteiger partial charge in [-0.1, -0.05) is 31.0 Å². The van der Waals surface area contributed by atoms with E-state index in [2.05, 4.69) is 44.3 Å². The molecule has 3 N–H and O–H groups in total. The lowest BCUT2D eigenvalue weighted by Crippen LogP contribution is -2.22. The summed E-state index contributed by atoms with van der Waals surface area (Å²) in [5.41, 5.74) is 2.50. The predicted octanol–water partition coefficient (Wildman–Crippen LogP) is 2.23. The van der Waals surface area contributed by atoms with Crippen LogP contribution >= 0.6 is 0 Å². The molecular weight excluding hydrogens is 286 g/mol. The molecule has 0 heterocycles. The second kappa shape index (κ2) is 11.6. The van der Waals surface area contributed by atoms with Gasteiger partial charge in [-0.25, -0.2) is 9.59 Å². The maximum atomic E-state index is 9.10. The lowest BCUT2D eigenvalue weighted by atomic mass is 10.1. The van der Waals surface area contributed by atoms with Crippen LogP contribution in [0.15, 0.2) is 18.2 Å². The number of carboxylic acids is 2. The van der Waals surface area contributed by atoms with Crippen LogP contribution in [0.4, 0.5) is 0 Å². The molecule has 6 heteroatoms. The van der Waals surface area contributed by atoms with E-state index in [9.17, 15) is 0 Å². The first-order chi connectivity index (χ1) is 10.4. The first kappa shape index (κ1) is 19.9. The summed E-state index contributed by atoms with van der Waals surface area (Å²) in [6.45, 7) is 9.15. The molecule has 0 aromatic heterocycles. The number of ether oxygens (including phenoxy) is 1. The van der Waals surface area contributed by atoms with E-state index in [0.717, 1.165) is 25.4 Å². The summed E-state index contributed by atoms with van der Waals surface area (Å²) < 4.78 is 5.71. The first-order valence-corrected chi connectivity index (χ1v) is 7.25. The Labute approximate surface area is 131 Å². The quantitative estimate of drug-likeness (QED) is 0.528. The van der Waals surface area contributed by atoms with Gasteiger partial charge < -0.3 is 20.3 Å². The molecule has 0 fully saturated rings. The molecule has 0 bridgehead atoms. The molecule has 1 aromatic rings. The fourth-order valence-electron chi connectivity index (χ4n) is 1.62. The van der Waals surface area contributed by atoms with Gasteiger partial charge in [0.15, 0.2) is 0 Å². The molecule has 0 saturated heterocycles. The number of aliphatic carboxylic acids is 2. The van der Waals surface area contributed by atoms with Crippen LogP contribution in [0.5, 0.6) is 5.75 Å². The zero-order valence-electron chi connectivity index (χ0n) is 13.4. The van der Waals surface area contributed by atoms with Crippen molar-refractivity contribution in [3.63, 3.8) is 0 Å². The summed E-state index contributed by atoms with van der Waals surface area (Å²) in [5.74, 6) is -2.65. The fourth-order valence-corrected chi connectivity index (χ4v) is 1.62. The highest BCUT2D eigenvalue weighted by Crippen LogP contribution is 2.18. The van der Waals surface area contributed by atoms with Gasteiger partial charge in [0.2, 0.25) is 0 Å². The van der Waals surface area contributed by atoms with Gasteiger partial charge in [-0.2, -0.15) is 0 Å². The van der Waals surface area contributed by atoms with Crippen LogP contribution in [-0.4, -0.2) is 41.8 Å². The molecule has 0 amide bonds. The molecule has 0 aliphatic heterocycles. The molecule has 0 aliphatic carbocycles. The topological polar surface area (TPSA) is 95.9 Å². The van der Waals surface area contributed by atoms with Crippen molar-refractivity contribution in [3.05, 3.63) is 29.3 Å². The molecule has 0 unspecified atom stereocenters. The number of rotatable bonds is 7. The van der Waals surface area contributed by atoms with E-state index in [4.69, 9.17) is 24.5 Å². The van der Waals surface area contributed by atoms with Gasteiger partial charge in [0, 0.05) is 6.54 Å². The number of carboxylic acid groups (broad SMARTS) is 2. The smallest absolute Gasteiger partial charge is 0.414 e. The van der Waals surface area contributed by atoms with Crippen molar-refractivity contribution in [1.29, 1.82) is 0 Å². The van der Waals surface area contributed by atoms with Crippen LogP contribution in [0.3, 0.4) is 0 Å². The highest BCUT2D eigenvalue weighted by Gasteiger charge is 2.04. The van der Waals surface area contributed by atoms with Crippen LogP contribution in [0.1, 0.15) is 30.9 Å². The minimum Gasteiger partial charge on any atom is -0.492 e. The molecule has 22 heavy (non-hydrogen) atoms. The Morgan fingerprint density at radius 3 is 2.27 bits per heavy atom. The standard InChI is InChI=1S/C14H23NO.C2H2O4/c1-4-5-8-15-9-10-16-14-7-6-12(2)11-13(14)3;3-1(4)2(5)6/h6-7,11,15H,4-5,8-10H2,1-3H3;(H,3,4)(H,5,6). The van der Waals surface area contributed by atoms with Gasteiger partial charge >= 0.3 is 11.9 Å². The maximum absolute atomic E-state index is 9.10. The molecule has 0 atom stereocenters. The molecule has 0 aliphatic rings. The average Bonchev–Trinajstić information content (AvgIpc) is 2.45. The van der Waals surface area contributed by atoms with E-state index in [1.807, 2.05) is 0 Å². The molecule has 6 nitrogen and oxygen atoms in total. The Morgan fingerprint density at radius 1 is 1.14 bits per heavy atom. The molecule has 0 radical (unpaired) electrons. The highest BCUT2D eigenvalue weighted by molar-refractivity contribution is 6.27. The van der Waals surface area contributed by atoms with Crippen molar-refractivity contribution in [3.8, 4) is 5.75 Å². The largest absolute Gasteiger partial charge is 0.492 e. The van der Waals surface area contributed by atoms with Crippen LogP contribution in [0.2, 0.25) is 0 Å². The second-order valence-corrected chi connectivity index (χ2v) is 4.83. The van der Waals surface area contributed by atoms with Gasteiger partial charge in [0.25, 0.3) is 0 Å². The summed E-state index contributed by atoms with van der Waals surface area (Å²) >= 11 is 0. The van der Waals surface area contributed by atoms with E-state index >= 15 is 0 Å². The highest BCUT2D eigenvalue weighted by atomic mass is 16.5. The third-order valence-corrected chi connectivity index (χ3v) is 2.76. The maximum Gasteiger partial charge on any atom is 0.414 e. The average molecular weight is 311 g/mol. The van der Waals surface area contributed by atoms with E-state index in [0.29, 0.717) is 0 Å². The van der Waals surface area contributed by atoms with Crippen molar-refractivity contribution in [2.45, 2.75) is 33.6 Å². The third kappa shape index (κ3) is 9.77. The number of nitrogens with one attached hydrogen (secondary N) is 1. The second-order valence-electron chi connectivity index (χ2n) is 4.83. The molecule has 0 saturated carbocycles. The Hall–Kier alpha value is -2.08. The Kier molecular flexibility index (Phi) is 10.5. The number of unbranched alkanes of at least 4 members (excludes halogenated alkanes) is 1. The minimum atomic E-state index is -1.82. The molecule has 124 valence electrons. The number of aryl methyl sites for hydroxylation is 2. The normalized spacial score (nSPS) is 9.59. The Bertz CT molecular complexity index is 462. The van der Waals surface area contributed by atoms with E-state index in [1.54, 1.807) is 0 Å².